The maximum atomic E-state index is 12.7. The zero-order chi connectivity index (χ0) is 13.1. The number of nitrogens with zero attached hydrogens (tertiary/aromatic N) is 1. The first-order chi connectivity index (χ1) is 8.63. The minimum Gasteiger partial charge on any atom is -0.326 e. The Morgan fingerprint density at radius 2 is 2.22 bits per heavy atom. The summed E-state index contributed by atoms with van der Waals surface area (Å²) in [5.74, 6) is 0. The third kappa shape index (κ3) is 2.70. The standard InChI is InChI=1S/C14H20F2N2/c1-2-7-18-8-6-12(17)13(18)10-4-3-5-11(9-10)14(15)16/h3-5,9,12-14H,2,6-8,17H2,1H3. The number of benzene rings is 1. The van der Waals surface area contributed by atoms with Crippen LogP contribution in [-0.4, -0.2) is 24.0 Å². The van der Waals surface area contributed by atoms with Gasteiger partial charge in [-0.1, -0.05) is 25.1 Å². The molecule has 1 heterocycles. The second-order valence-corrected chi connectivity index (χ2v) is 4.90. The lowest BCUT2D eigenvalue weighted by Gasteiger charge is -2.27. The topological polar surface area (TPSA) is 29.3 Å². The maximum absolute atomic E-state index is 12.7. The SMILES string of the molecule is CCCN1CCC(N)C1c1cccc(C(F)F)c1. The molecule has 0 aromatic heterocycles. The summed E-state index contributed by atoms with van der Waals surface area (Å²) in [5, 5.41) is 0. The fraction of sp³-hybridized carbons (Fsp3) is 0.571. The largest absolute Gasteiger partial charge is 0.326 e. The van der Waals surface area contributed by atoms with E-state index in [0.717, 1.165) is 31.5 Å². The van der Waals surface area contributed by atoms with Crippen LogP contribution in [0.2, 0.25) is 0 Å². The van der Waals surface area contributed by atoms with Crippen LogP contribution in [0.15, 0.2) is 24.3 Å². The molecular formula is C14H20F2N2. The Morgan fingerprint density at radius 1 is 1.44 bits per heavy atom. The second kappa shape index (κ2) is 5.76. The predicted molar refractivity (Wildman–Crippen MR) is 68.6 cm³/mol. The molecule has 1 aromatic carbocycles. The Balaban J connectivity index is 2.25. The molecule has 2 unspecified atom stereocenters. The lowest BCUT2D eigenvalue weighted by Crippen LogP contribution is -2.32. The first-order valence-electron chi connectivity index (χ1n) is 6.51. The highest BCUT2D eigenvalue weighted by Crippen LogP contribution is 2.32. The first-order valence-corrected chi connectivity index (χ1v) is 6.51. The Kier molecular flexibility index (Phi) is 4.30. The van der Waals surface area contributed by atoms with Gasteiger partial charge in [-0.25, -0.2) is 8.78 Å². The van der Waals surface area contributed by atoms with Crippen LogP contribution in [0, 0.1) is 0 Å². The van der Waals surface area contributed by atoms with E-state index in [1.165, 1.54) is 6.07 Å². The zero-order valence-corrected chi connectivity index (χ0v) is 10.7. The molecule has 2 atom stereocenters. The van der Waals surface area contributed by atoms with Crippen LogP contribution in [0.5, 0.6) is 0 Å². The average Bonchev–Trinajstić information content (AvgIpc) is 2.71. The van der Waals surface area contributed by atoms with Crippen LogP contribution in [0.25, 0.3) is 0 Å². The highest BCUT2D eigenvalue weighted by Gasteiger charge is 2.32. The van der Waals surface area contributed by atoms with Crippen LogP contribution < -0.4 is 5.73 Å². The van der Waals surface area contributed by atoms with Crippen molar-refractivity contribution in [3.63, 3.8) is 0 Å². The molecule has 2 N–H and O–H groups in total. The van der Waals surface area contributed by atoms with Gasteiger partial charge >= 0.3 is 0 Å². The van der Waals surface area contributed by atoms with E-state index in [2.05, 4.69) is 11.8 Å². The number of rotatable bonds is 4. The Hall–Kier alpha value is -1.00. The van der Waals surface area contributed by atoms with E-state index in [0.29, 0.717) is 0 Å². The van der Waals surface area contributed by atoms with Crippen LogP contribution >= 0.6 is 0 Å². The van der Waals surface area contributed by atoms with Crippen molar-refractivity contribution < 1.29 is 8.78 Å². The van der Waals surface area contributed by atoms with Crippen molar-refractivity contribution in [2.24, 2.45) is 5.73 Å². The van der Waals surface area contributed by atoms with Gasteiger partial charge < -0.3 is 5.73 Å². The average molecular weight is 254 g/mol. The molecule has 0 amide bonds. The van der Waals surface area contributed by atoms with E-state index in [1.54, 1.807) is 12.1 Å². The molecule has 1 aromatic rings. The number of hydrogen-bond acceptors (Lipinski definition) is 2. The highest BCUT2D eigenvalue weighted by molar-refractivity contribution is 5.28. The lowest BCUT2D eigenvalue weighted by molar-refractivity contribution is 0.151. The number of hydrogen-bond donors (Lipinski definition) is 1. The molecule has 1 fully saturated rings. The van der Waals surface area contributed by atoms with Crippen LogP contribution in [0.1, 0.15) is 43.4 Å². The van der Waals surface area contributed by atoms with Crippen molar-refractivity contribution >= 4 is 0 Å². The summed E-state index contributed by atoms with van der Waals surface area (Å²) in [6, 6.07) is 6.81. The fourth-order valence-corrected chi connectivity index (χ4v) is 2.76. The van der Waals surface area contributed by atoms with Gasteiger partial charge in [-0.15, -0.1) is 0 Å². The minimum atomic E-state index is -2.41. The van der Waals surface area contributed by atoms with E-state index >= 15 is 0 Å². The van der Waals surface area contributed by atoms with E-state index in [4.69, 9.17) is 5.73 Å². The van der Waals surface area contributed by atoms with Gasteiger partial charge in [0.05, 0.1) is 0 Å². The van der Waals surface area contributed by atoms with Crippen molar-refractivity contribution in [3.8, 4) is 0 Å². The molecule has 4 heteroatoms. The summed E-state index contributed by atoms with van der Waals surface area (Å²) in [7, 11) is 0. The van der Waals surface area contributed by atoms with Crippen LogP contribution in [0.4, 0.5) is 8.78 Å². The number of halogens is 2. The third-order valence-corrected chi connectivity index (χ3v) is 3.56. The fourth-order valence-electron chi connectivity index (χ4n) is 2.76. The summed E-state index contributed by atoms with van der Waals surface area (Å²) >= 11 is 0. The van der Waals surface area contributed by atoms with Gasteiger partial charge in [0.1, 0.15) is 0 Å². The van der Waals surface area contributed by atoms with Crippen molar-refractivity contribution in [1.82, 2.24) is 4.90 Å². The van der Waals surface area contributed by atoms with Crippen LogP contribution in [0.3, 0.4) is 0 Å². The molecule has 100 valence electrons. The molecule has 0 spiro atoms. The van der Waals surface area contributed by atoms with Crippen LogP contribution in [-0.2, 0) is 0 Å². The van der Waals surface area contributed by atoms with E-state index < -0.39 is 6.43 Å². The molecule has 2 rings (SSSR count). The number of nitrogens with two attached hydrogens (primary N) is 1. The van der Waals surface area contributed by atoms with Crippen molar-refractivity contribution in [1.29, 1.82) is 0 Å². The van der Waals surface area contributed by atoms with Gasteiger partial charge in [-0.05, 0) is 31.0 Å². The van der Waals surface area contributed by atoms with Gasteiger partial charge in [-0.3, -0.25) is 4.90 Å². The summed E-state index contributed by atoms with van der Waals surface area (Å²) in [4.78, 5) is 2.30. The van der Waals surface area contributed by atoms with Gasteiger partial charge in [-0.2, -0.15) is 0 Å². The first kappa shape index (κ1) is 13.4. The Labute approximate surface area is 107 Å². The molecule has 0 bridgehead atoms. The molecule has 0 aliphatic carbocycles. The van der Waals surface area contributed by atoms with Gasteiger partial charge in [0.2, 0.25) is 0 Å². The number of alkyl halides is 2. The van der Waals surface area contributed by atoms with Gasteiger partial charge in [0.25, 0.3) is 6.43 Å². The third-order valence-electron chi connectivity index (χ3n) is 3.56. The molecule has 18 heavy (non-hydrogen) atoms. The smallest absolute Gasteiger partial charge is 0.263 e. The predicted octanol–water partition coefficient (Wildman–Crippen LogP) is 3.11. The molecular weight excluding hydrogens is 234 g/mol. The second-order valence-electron chi connectivity index (χ2n) is 4.90. The van der Waals surface area contributed by atoms with E-state index in [9.17, 15) is 8.78 Å². The maximum Gasteiger partial charge on any atom is 0.263 e. The quantitative estimate of drug-likeness (QED) is 0.894. The van der Waals surface area contributed by atoms with Crippen molar-refractivity contribution in [3.05, 3.63) is 35.4 Å². The van der Waals surface area contributed by atoms with Gasteiger partial charge in [0, 0.05) is 24.2 Å². The minimum absolute atomic E-state index is 0.0458. The summed E-state index contributed by atoms with van der Waals surface area (Å²) < 4.78 is 25.5. The summed E-state index contributed by atoms with van der Waals surface area (Å²) in [5.41, 5.74) is 7.14. The summed E-state index contributed by atoms with van der Waals surface area (Å²) in [6.07, 6.45) is -0.427. The van der Waals surface area contributed by atoms with Gasteiger partial charge in [0.15, 0.2) is 0 Å². The normalized spacial score (nSPS) is 24.9. The van der Waals surface area contributed by atoms with Crippen molar-refractivity contribution in [2.75, 3.05) is 13.1 Å². The van der Waals surface area contributed by atoms with E-state index in [-0.39, 0.29) is 17.6 Å². The monoisotopic (exact) mass is 254 g/mol. The molecule has 2 nitrogen and oxygen atoms in total. The van der Waals surface area contributed by atoms with Crippen molar-refractivity contribution in [2.45, 2.75) is 38.3 Å². The zero-order valence-electron chi connectivity index (χ0n) is 10.7. The highest BCUT2D eigenvalue weighted by atomic mass is 19.3. The molecule has 0 radical (unpaired) electrons. The molecule has 1 saturated heterocycles. The molecule has 1 aliphatic rings. The molecule has 1 aliphatic heterocycles. The Morgan fingerprint density at radius 3 is 2.89 bits per heavy atom. The lowest BCUT2D eigenvalue weighted by atomic mass is 9.99. The Bertz CT molecular complexity index is 393. The van der Waals surface area contributed by atoms with E-state index in [1.807, 2.05) is 6.07 Å². The summed E-state index contributed by atoms with van der Waals surface area (Å²) in [6.45, 7) is 4.05. The number of likely N-dealkylation sites (tertiary alicyclic amines) is 1. The molecule has 0 saturated carbocycles.